The Labute approximate surface area is 137 Å². The highest BCUT2D eigenvalue weighted by atomic mass is 16.6. The lowest BCUT2D eigenvalue weighted by molar-refractivity contribution is -0.0267. The molecule has 1 aromatic carbocycles. The van der Waals surface area contributed by atoms with Gasteiger partial charge in [0, 0.05) is 17.0 Å². The summed E-state index contributed by atoms with van der Waals surface area (Å²) in [6.07, 6.45) is 5.58. The first-order valence-corrected chi connectivity index (χ1v) is 8.52. The molecule has 1 fully saturated rings. The molecule has 122 valence electrons. The molecule has 0 amide bonds. The molecule has 2 bridgehead atoms. The Bertz CT molecular complexity index is 713. The Morgan fingerprint density at radius 1 is 1.26 bits per heavy atom. The van der Waals surface area contributed by atoms with Crippen LogP contribution in [0.4, 0.5) is 0 Å². The predicted molar refractivity (Wildman–Crippen MR) is 87.0 cm³/mol. The van der Waals surface area contributed by atoms with Gasteiger partial charge in [-0.3, -0.25) is 0 Å². The molecule has 0 radical (unpaired) electrons. The lowest BCUT2D eigenvalue weighted by atomic mass is 9.53. The van der Waals surface area contributed by atoms with Gasteiger partial charge in [-0.25, -0.2) is 0 Å². The summed E-state index contributed by atoms with van der Waals surface area (Å²) in [5.41, 5.74) is 2.92. The number of likely N-dealkylation sites (N-methyl/N-ethyl adjacent to an activating group) is 1. The molecule has 4 heteroatoms. The molecule has 4 aliphatic rings. The topological polar surface area (TPSA) is 30.9 Å². The molecule has 4 atom stereocenters. The van der Waals surface area contributed by atoms with Crippen molar-refractivity contribution in [1.82, 2.24) is 4.90 Å². The van der Waals surface area contributed by atoms with E-state index in [4.69, 9.17) is 14.2 Å². The van der Waals surface area contributed by atoms with E-state index in [1.807, 2.05) is 0 Å². The van der Waals surface area contributed by atoms with Gasteiger partial charge in [-0.2, -0.15) is 0 Å². The fourth-order valence-corrected chi connectivity index (χ4v) is 5.66. The zero-order valence-electron chi connectivity index (χ0n) is 14.0. The number of methoxy groups -OCH3 is 2. The van der Waals surface area contributed by atoms with Crippen molar-refractivity contribution >= 4 is 0 Å². The third-order valence-electron chi connectivity index (χ3n) is 6.66. The summed E-state index contributed by atoms with van der Waals surface area (Å²) < 4.78 is 17.8. The van der Waals surface area contributed by atoms with Gasteiger partial charge in [0.1, 0.15) is 5.76 Å². The van der Waals surface area contributed by atoms with Crippen LogP contribution in [0.25, 0.3) is 0 Å². The molecule has 5 rings (SSSR count). The number of hydrogen-bond acceptors (Lipinski definition) is 4. The van der Waals surface area contributed by atoms with Crippen molar-refractivity contribution < 1.29 is 14.2 Å². The normalized spacial score (nSPS) is 36.8. The Morgan fingerprint density at radius 2 is 2.13 bits per heavy atom. The van der Waals surface area contributed by atoms with Crippen molar-refractivity contribution in [3.8, 4) is 11.5 Å². The molecule has 1 unspecified atom stereocenters. The lowest BCUT2D eigenvalue weighted by Gasteiger charge is -2.56. The number of allylic oxidation sites excluding steroid dienone is 1. The largest absolute Gasteiger partial charge is 0.497 e. The fraction of sp³-hybridized carbons (Fsp3) is 0.579. The second kappa shape index (κ2) is 4.44. The molecule has 4 nitrogen and oxygen atoms in total. The highest BCUT2D eigenvalue weighted by Crippen LogP contribution is 2.63. The average molecular weight is 313 g/mol. The van der Waals surface area contributed by atoms with E-state index in [0.29, 0.717) is 12.0 Å². The lowest BCUT2D eigenvalue weighted by Crippen LogP contribution is -2.63. The molecule has 0 saturated carbocycles. The molecule has 1 spiro atoms. The smallest absolute Gasteiger partial charge is 0.166 e. The van der Waals surface area contributed by atoms with Crippen LogP contribution in [0.15, 0.2) is 24.0 Å². The van der Waals surface area contributed by atoms with Crippen LogP contribution >= 0.6 is 0 Å². The number of ether oxygens (including phenoxy) is 3. The van der Waals surface area contributed by atoms with Crippen LogP contribution in [0.5, 0.6) is 11.5 Å². The van der Waals surface area contributed by atoms with E-state index in [2.05, 4.69) is 30.2 Å². The van der Waals surface area contributed by atoms with Gasteiger partial charge in [-0.15, -0.1) is 0 Å². The molecule has 0 N–H and O–H groups in total. The minimum Gasteiger partial charge on any atom is -0.497 e. The quantitative estimate of drug-likeness (QED) is 0.839. The maximum Gasteiger partial charge on any atom is 0.166 e. The SMILES string of the molecule is COC1=CC[C@@H]2C3Cc4ccc(OC)c5c4[C@]2(CCN3C)[C@@H]1O5. The van der Waals surface area contributed by atoms with E-state index < -0.39 is 0 Å². The summed E-state index contributed by atoms with van der Waals surface area (Å²) in [7, 11) is 5.77. The molecule has 23 heavy (non-hydrogen) atoms. The molecule has 2 aliphatic carbocycles. The van der Waals surface area contributed by atoms with Crippen LogP contribution in [0, 0.1) is 5.92 Å². The standard InChI is InChI=1S/C19H23NO3/c1-20-9-8-19-12-5-7-15(22-3)18(19)23-17-14(21-2)6-4-11(16(17)19)10-13(12)20/h4,6-7,12-13,18H,5,8-10H2,1-3H3/t12-,13?,18-,19-/m1/s1. The van der Waals surface area contributed by atoms with Crippen LogP contribution in [0.2, 0.25) is 0 Å². The van der Waals surface area contributed by atoms with Gasteiger partial charge in [0.15, 0.2) is 17.6 Å². The van der Waals surface area contributed by atoms with Crippen LogP contribution in [0.3, 0.4) is 0 Å². The van der Waals surface area contributed by atoms with E-state index in [-0.39, 0.29) is 11.5 Å². The molecular weight excluding hydrogens is 290 g/mol. The summed E-state index contributed by atoms with van der Waals surface area (Å²) in [4.78, 5) is 2.55. The number of hydrogen-bond donors (Lipinski definition) is 0. The second-order valence-corrected chi connectivity index (χ2v) is 7.32. The maximum atomic E-state index is 6.50. The van der Waals surface area contributed by atoms with Crippen molar-refractivity contribution in [1.29, 1.82) is 0 Å². The summed E-state index contributed by atoms with van der Waals surface area (Å²) in [6.45, 7) is 1.12. The van der Waals surface area contributed by atoms with E-state index >= 15 is 0 Å². The maximum absolute atomic E-state index is 6.50. The third kappa shape index (κ3) is 1.46. The number of piperidine rings is 1. The molecule has 2 aliphatic heterocycles. The summed E-state index contributed by atoms with van der Waals surface area (Å²) in [6, 6.07) is 4.91. The summed E-state index contributed by atoms with van der Waals surface area (Å²) in [5, 5.41) is 0. The van der Waals surface area contributed by atoms with Crippen molar-refractivity contribution in [2.45, 2.75) is 36.8 Å². The Hall–Kier alpha value is -1.68. The van der Waals surface area contributed by atoms with E-state index in [1.165, 1.54) is 11.1 Å². The number of likely N-dealkylation sites (tertiary alicyclic amines) is 1. The van der Waals surface area contributed by atoms with Crippen LogP contribution in [-0.2, 0) is 16.6 Å². The zero-order chi connectivity index (χ0) is 15.8. The van der Waals surface area contributed by atoms with Crippen LogP contribution < -0.4 is 9.47 Å². The molecule has 1 aromatic rings. The molecule has 2 heterocycles. The van der Waals surface area contributed by atoms with Gasteiger partial charge >= 0.3 is 0 Å². The zero-order valence-corrected chi connectivity index (χ0v) is 14.0. The van der Waals surface area contributed by atoms with Crippen LogP contribution in [-0.4, -0.2) is 44.9 Å². The summed E-state index contributed by atoms with van der Waals surface area (Å²) in [5.74, 6) is 3.42. The molecular formula is C19H23NO3. The van der Waals surface area contributed by atoms with E-state index in [0.717, 1.165) is 43.1 Å². The molecule has 1 saturated heterocycles. The van der Waals surface area contributed by atoms with E-state index in [1.54, 1.807) is 14.2 Å². The predicted octanol–water partition coefficient (Wildman–Crippen LogP) is 2.50. The molecule has 0 aromatic heterocycles. The summed E-state index contributed by atoms with van der Waals surface area (Å²) >= 11 is 0. The fourth-order valence-electron chi connectivity index (χ4n) is 5.66. The van der Waals surface area contributed by atoms with Gasteiger partial charge in [0.2, 0.25) is 0 Å². The van der Waals surface area contributed by atoms with Crippen LogP contribution in [0.1, 0.15) is 24.0 Å². The monoisotopic (exact) mass is 313 g/mol. The first-order valence-electron chi connectivity index (χ1n) is 8.52. The second-order valence-electron chi connectivity index (χ2n) is 7.32. The van der Waals surface area contributed by atoms with Crippen molar-refractivity contribution in [2.24, 2.45) is 5.92 Å². The van der Waals surface area contributed by atoms with Gasteiger partial charge in [0.25, 0.3) is 0 Å². The van der Waals surface area contributed by atoms with Gasteiger partial charge in [-0.05, 0) is 56.5 Å². The Balaban J connectivity index is 1.80. The highest BCUT2D eigenvalue weighted by molar-refractivity contribution is 5.62. The van der Waals surface area contributed by atoms with Crippen molar-refractivity contribution in [3.63, 3.8) is 0 Å². The number of nitrogens with zero attached hydrogens (tertiary/aromatic N) is 1. The number of rotatable bonds is 2. The Kier molecular flexibility index (Phi) is 2.65. The average Bonchev–Trinajstić information content (AvgIpc) is 2.92. The first-order chi connectivity index (χ1) is 11.2. The minimum absolute atomic E-state index is 0.00722. The van der Waals surface area contributed by atoms with Gasteiger partial charge in [-0.1, -0.05) is 6.07 Å². The van der Waals surface area contributed by atoms with Gasteiger partial charge < -0.3 is 19.1 Å². The minimum atomic E-state index is 0.00722. The van der Waals surface area contributed by atoms with Crippen molar-refractivity contribution in [3.05, 3.63) is 35.1 Å². The van der Waals surface area contributed by atoms with Gasteiger partial charge in [0.05, 0.1) is 14.2 Å². The van der Waals surface area contributed by atoms with E-state index in [9.17, 15) is 0 Å². The Morgan fingerprint density at radius 3 is 2.91 bits per heavy atom. The highest BCUT2D eigenvalue weighted by Gasteiger charge is 2.64. The number of benzene rings is 1. The first kappa shape index (κ1) is 13.7. The third-order valence-corrected chi connectivity index (χ3v) is 6.66. The van der Waals surface area contributed by atoms with Crippen molar-refractivity contribution in [2.75, 3.05) is 27.8 Å².